The van der Waals surface area contributed by atoms with E-state index in [0.717, 1.165) is 16.7 Å². The van der Waals surface area contributed by atoms with E-state index < -0.39 is 6.29 Å². The minimum absolute atomic E-state index is 0.0428. The molecule has 9 nitrogen and oxygen atoms in total. The zero-order valence-electron chi connectivity index (χ0n) is 22.5. The quantitative estimate of drug-likeness (QED) is 0.222. The lowest BCUT2D eigenvalue weighted by Crippen LogP contribution is -2.39. The molecule has 1 fully saturated rings. The van der Waals surface area contributed by atoms with Crippen molar-refractivity contribution in [2.75, 3.05) is 5.32 Å². The number of hydrogen-bond donors (Lipinski definition) is 2. The average molecular weight is 604 g/mol. The fourth-order valence-electron chi connectivity index (χ4n) is 5.02. The lowest BCUT2D eigenvalue weighted by Gasteiger charge is -2.41. The Morgan fingerprint density at radius 2 is 1.76 bits per heavy atom. The highest BCUT2D eigenvalue weighted by Crippen LogP contribution is 2.42. The summed E-state index contributed by atoms with van der Waals surface area (Å²) >= 11 is 12.5. The molecular formula is C31H27Cl2N5O4. The van der Waals surface area contributed by atoms with Gasteiger partial charge in [0.25, 0.3) is 5.91 Å². The number of para-hydroxylation sites is 2. The smallest absolute Gasteiger partial charge is 0.275 e. The molecule has 3 aromatic carbocycles. The molecule has 3 heterocycles. The summed E-state index contributed by atoms with van der Waals surface area (Å²) < 4.78 is 14.8. The van der Waals surface area contributed by atoms with Gasteiger partial charge in [-0.25, -0.2) is 9.97 Å². The number of carbonyl (C=O) groups is 1. The van der Waals surface area contributed by atoms with Crippen LogP contribution in [0.2, 0.25) is 10.3 Å². The zero-order valence-corrected chi connectivity index (χ0v) is 24.0. The maximum atomic E-state index is 13.0. The molecule has 2 aromatic heterocycles. The van der Waals surface area contributed by atoms with Gasteiger partial charge in [0.15, 0.2) is 11.4 Å². The number of hydrogen-bond acceptors (Lipinski definition) is 7. The number of anilines is 1. The van der Waals surface area contributed by atoms with E-state index in [1.165, 1.54) is 6.20 Å². The predicted octanol–water partition coefficient (Wildman–Crippen LogP) is 6.37. The number of fused-ring (bicyclic) bond motifs is 1. The summed E-state index contributed by atoms with van der Waals surface area (Å²) in [4.78, 5) is 25.9. The third-order valence-electron chi connectivity index (χ3n) is 7.33. The molecule has 1 amide bonds. The fourth-order valence-corrected chi connectivity index (χ4v) is 5.33. The number of nitrogens with one attached hydrogen (secondary N) is 1. The number of benzene rings is 3. The zero-order chi connectivity index (χ0) is 29.2. The molecule has 2 N–H and O–H groups in total. The van der Waals surface area contributed by atoms with Crippen molar-refractivity contribution in [3.63, 3.8) is 0 Å². The molecule has 214 valence electrons. The largest absolute Gasteiger partial charge is 0.392 e. The van der Waals surface area contributed by atoms with Crippen LogP contribution in [0.5, 0.6) is 0 Å². The van der Waals surface area contributed by atoms with Crippen LogP contribution < -0.4 is 5.32 Å². The minimum Gasteiger partial charge on any atom is -0.392 e. The number of rotatable bonds is 7. The van der Waals surface area contributed by atoms with Gasteiger partial charge in [-0.05, 0) is 35.4 Å². The van der Waals surface area contributed by atoms with Gasteiger partial charge in [0.2, 0.25) is 0 Å². The van der Waals surface area contributed by atoms with Crippen LogP contribution in [0.1, 0.15) is 46.5 Å². The van der Waals surface area contributed by atoms with Crippen LogP contribution in [0.15, 0.2) is 85.3 Å². The maximum absolute atomic E-state index is 13.0. The second kappa shape index (κ2) is 12.2. The summed E-state index contributed by atoms with van der Waals surface area (Å²) in [5.74, 6) is -0.455. The summed E-state index contributed by atoms with van der Waals surface area (Å²) in [6.45, 7) is 2.42. The third-order valence-corrected chi connectivity index (χ3v) is 8.10. The number of ether oxygens (including phenoxy) is 2. The SMILES string of the molecule is C[C@@H]1[C@H](Cn2cnc(Cl)c2Cl)O[C@H](c2cccc(NC(=O)c3cnc4ccccc4n3)c2)O[C@@H]1c1ccc(CO)cc1. The summed E-state index contributed by atoms with van der Waals surface area (Å²) in [5, 5.41) is 13.0. The van der Waals surface area contributed by atoms with Crippen molar-refractivity contribution in [2.45, 2.75) is 38.6 Å². The topological polar surface area (TPSA) is 111 Å². The maximum Gasteiger partial charge on any atom is 0.275 e. The number of carbonyl (C=O) groups excluding carboxylic acids is 1. The molecule has 0 radical (unpaired) electrons. The van der Waals surface area contributed by atoms with E-state index in [1.807, 2.05) is 66.7 Å². The lowest BCUT2D eigenvalue weighted by atomic mass is 9.90. The molecular weight excluding hydrogens is 577 g/mol. The van der Waals surface area contributed by atoms with Crippen LogP contribution in [-0.2, 0) is 22.6 Å². The first-order valence-corrected chi connectivity index (χ1v) is 14.1. The molecule has 0 aliphatic carbocycles. The van der Waals surface area contributed by atoms with Crippen LogP contribution >= 0.6 is 23.2 Å². The van der Waals surface area contributed by atoms with Gasteiger partial charge in [0.1, 0.15) is 10.8 Å². The van der Waals surface area contributed by atoms with Crippen molar-refractivity contribution in [1.82, 2.24) is 19.5 Å². The minimum atomic E-state index is -0.746. The highest BCUT2D eigenvalue weighted by atomic mass is 35.5. The Morgan fingerprint density at radius 1 is 0.976 bits per heavy atom. The van der Waals surface area contributed by atoms with E-state index in [-0.39, 0.29) is 41.5 Å². The number of imidazole rings is 1. The van der Waals surface area contributed by atoms with Crippen molar-refractivity contribution >= 4 is 45.8 Å². The Hall–Kier alpha value is -3.86. The Morgan fingerprint density at radius 3 is 2.50 bits per heavy atom. The normalized spacial score (nSPS) is 20.5. The molecule has 5 aromatic rings. The first-order valence-electron chi connectivity index (χ1n) is 13.4. The van der Waals surface area contributed by atoms with Crippen molar-refractivity contribution in [3.8, 4) is 0 Å². The number of nitrogens with zero attached hydrogens (tertiary/aromatic N) is 4. The number of aliphatic hydroxyl groups excluding tert-OH is 1. The number of aliphatic hydroxyl groups is 1. The molecule has 11 heteroatoms. The second-order valence-electron chi connectivity index (χ2n) is 10.1. The summed E-state index contributed by atoms with van der Waals surface area (Å²) in [6.07, 6.45) is 1.65. The van der Waals surface area contributed by atoms with Crippen LogP contribution in [0.3, 0.4) is 0 Å². The van der Waals surface area contributed by atoms with Crippen LogP contribution in [0, 0.1) is 5.92 Å². The Labute approximate surface area is 252 Å². The van der Waals surface area contributed by atoms with E-state index in [9.17, 15) is 9.90 Å². The third kappa shape index (κ3) is 5.88. The molecule has 0 unspecified atom stereocenters. The molecule has 0 bridgehead atoms. The second-order valence-corrected chi connectivity index (χ2v) is 10.8. The van der Waals surface area contributed by atoms with E-state index >= 15 is 0 Å². The van der Waals surface area contributed by atoms with Crippen LogP contribution in [0.25, 0.3) is 11.0 Å². The molecule has 0 saturated carbocycles. The molecule has 1 aliphatic rings. The van der Waals surface area contributed by atoms with Gasteiger partial charge < -0.3 is 24.5 Å². The molecule has 1 saturated heterocycles. The monoisotopic (exact) mass is 603 g/mol. The van der Waals surface area contributed by atoms with Crippen LogP contribution in [-0.4, -0.2) is 36.6 Å². The number of aromatic nitrogens is 4. The summed E-state index contributed by atoms with van der Waals surface area (Å²) in [6, 6.07) is 22.4. The summed E-state index contributed by atoms with van der Waals surface area (Å²) in [5.41, 5.74) is 4.61. The van der Waals surface area contributed by atoms with Gasteiger partial charge in [-0.15, -0.1) is 0 Å². The summed E-state index contributed by atoms with van der Waals surface area (Å²) in [7, 11) is 0. The van der Waals surface area contributed by atoms with Gasteiger partial charge >= 0.3 is 0 Å². The van der Waals surface area contributed by atoms with Gasteiger partial charge in [-0.1, -0.05) is 78.7 Å². The standard InChI is InChI=1S/C31H27Cl2N5O4/c1-18-26(15-38-17-35-28(32)29(38)33)41-31(42-27(18)20-11-9-19(16-39)10-12-20)21-5-4-6-22(13-21)36-30(40)25-14-34-23-7-2-3-8-24(23)37-25/h2-14,17-18,26-27,31,39H,15-16H2,1H3,(H,36,40)/t18-,26+,27+,31+/m1/s1. The Balaban J connectivity index is 1.27. The van der Waals surface area contributed by atoms with Crippen molar-refractivity contribution in [1.29, 1.82) is 0 Å². The Kier molecular flexibility index (Phi) is 8.19. The van der Waals surface area contributed by atoms with Crippen molar-refractivity contribution < 1.29 is 19.4 Å². The van der Waals surface area contributed by atoms with E-state index in [0.29, 0.717) is 28.4 Å². The number of amides is 1. The molecule has 4 atom stereocenters. The van der Waals surface area contributed by atoms with Gasteiger partial charge in [-0.3, -0.25) is 9.78 Å². The Bertz CT molecular complexity index is 1730. The first kappa shape index (κ1) is 28.3. The van der Waals surface area contributed by atoms with Crippen molar-refractivity contribution in [2.24, 2.45) is 5.92 Å². The van der Waals surface area contributed by atoms with E-state index in [4.69, 9.17) is 32.7 Å². The highest BCUT2D eigenvalue weighted by Gasteiger charge is 2.39. The van der Waals surface area contributed by atoms with E-state index in [1.54, 1.807) is 17.0 Å². The fraction of sp³-hybridized carbons (Fsp3) is 0.226. The lowest BCUT2D eigenvalue weighted by molar-refractivity contribution is -0.276. The number of halogens is 2. The molecule has 1 aliphatic heterocycles. The molecule has 6 rings (SSSR count). The van der Waals surface area contributed by atoms with Crippen LogP contribution in [0.4, 0.5) is 5.69 Å². The highest BCUT2D eigenvalue weighted by molar-refractivity contribution is 6.40. The van der Waals surface area contributed by atoms with Crippen molar-refractivity contribution in [3.05, 3.63) is 118 Å². The van der Waals surface area contributed by atoms with Gasteiger partial charge in [0.05, 0.1) is 48.9 Å². The van der Waals surface area contributed by atoms with E-state index in [2.05, 4.69) is 27.2 Å². The van der Waals surface area contributed by atoms with Gasteiger partial charge in [-0.2, -0.15) is 0 Å². The molecule has 0 spiro atoms. The first-order chi connectivity index (χ1) is 20.4. The predicted molar refractivity (Wildman–Crippen MR) is 159 cm³/mol. The van der Waals surface area contributed by atoms with Gasteiger partial charge in [0, 0.05) is 17.2 Å². The molecule has 42 heavy (non-hydrogen) atoms. The average Bonchev–Trinajstić information content (AvgIpc) is 3.34.